The van der Waals surface area contributed by atoms with Crippen molar-refractivity contribution in [3.05, 3.63) is 11.6 Å². The van der Waals surface area contributed by atoms with Gasteiger partial charge < -0.3 is 9.47 Å². The van der Waals surface area contributed by atoms with E-state index in [9.17, 15) is 9.59 Å². The van der Waals surface area contributed by atoms with E-state index in [0.29, 0.717) is 0 Å². The van der Waals surface area contributed by atoms with Crippen molar-refractivity contribution in [2.45, 2.75) is 25.0 Å². The summed E-state index contributed by atoms with van der Waals surface area (Å²) in [6, 6.07) is 0. The molecule has 5 unspecified atom stereocenters. The predicted molar refractivity (Wildman–Crippen MR) is 54.5 cm³/mol. The SMILES string of the molecule is C=C(Cl)C(=O)OC1C2CC3C(=O)OC1C3C2. The fraction of sp³-hybridized carbons (Fsp3) is 0.636. The highest BCUT2D eigenvalue weighted by Crippen LogP contribution is 2.55. The van der Waals surface area contributed by atoms with Crippen LogP contribution in [0.4, 0.5) is 0 Å². The van der Waals surface area contributed by atoms with Crippen LogP contribution >= 0.6 is 11.6 Å². The third-order valence-electron chi connectivity index (χ3n) is 3.88. The summed E-state index contributed by atoms with van der Waals surface area (Å²) in [5.41, 5.74) is 0. The third-order valence-corrected chi connectivity index (χ3v) is 4.03. The van der Waals surface area contributed by atoms with Gasteiger partial charge in [-0.25, -0.2) is 4.79 Å². The summed E-state index contributed by atoms with van der Waals surface area (Å²) in [6.07, 6.45) is 1.10. The molecule has 2 bridgehead atoms. The van der Waals surface area contributed by atoms with Crippen molar-refractivity contribution < 1.29 is 19.1 Å². The van der Waals surface area contributed by atoms with Crippen LogP contribution in [-0.4, -0.2) is 24.1 Å². The molecule has 0 aromatic heterocycles. The fourth-order valence-corrected chi connectivity index (χ4v) is 3.30. The lowest BCUT2D eigenvalue weighted by atomic mass is 9.88. The molecular weight excluding hydrogens is 232 g/mol. The highest BCUT2D eigenvalue weighted by Gasteiger charge is 2.63. The van der Waals surface area contributed by atoms with Gasteiger partial charge in [-0.15, -0.1) is 0 Å². The summed E-state index contributed by atoms with van der Waals surface area (Å²) in [5, 5.41) is -0.136. The Bertz CT molecular complexity index is 391. The van der Waals surface area contributed by atoms with Gasteiger partial charge in [0, 0.05) is 11.8 Å². The lowest BCUT2D eigenvalue weighted by molar-refractivity contribution is -0.157. The van der Waals surface area contributed by atoms with Gasteiger partial charge in [0.2, 0.25) is 0 Å². The number of hydrogen-bond donors (Lipinski definition) is 0. The van der Waals surface area contributed by atoms with Gasteiger partial charge in [-0.3, -0.25) is 4.79 Å². The monoisotopic (exact) mass is 242 g/mol. The van der Waals surface area contributed by atoms with E-state index in [1.54, 1.807) is 0 Å². The Morgan fingerprint density at radius 3 is 2.94 bits per heavy atom. The lowest BCUT2D eigenvalue weighted by Crippen LogP contribution is -2.36. The molecule has 0 spiro atoms. The predicted octanol–water partition coefficient (Wildman–Crippen LogP) is 1.23. The molecule has 0 amide bonds. The molecule has 4 nitrogen and oxygen atoms in total. The minimum Gasteiger partial charge on any atom is -0.458 e. The third kappa shape index (κ3) is 1.22. The molecule has 5 atom stereocenters. The van der Waals surface area contributed by atoms with Crippen molar-refractivity contribution in [3.63, 3.8) is 0 Å². The standard InChI is InChI=1S/C11H11ClO4/c1-4(12)10(13)15-8-5-2-6-7(3-5)11(14)16-9(6)8/h5-9H,1-3H2. The molecule has 0 aromatic rings. The van der Waals surface area contributed by atoms with Crippen LogP contribution in [0.15, 0.2) is 11.6 Å². The van der Waals surface area contributed by atoms with Crippen LogP contribution in [0.5, 0.6) is 0 Å². The number of ether oxygens (including phenoxy) is 2. The largest absolute Gasteiger partial charge is 0.458 e. The molecule has 2 aliphatic carbocycles. The number of rotatable bonds is 2. The van der Waals surface area contributed by atoms with Crippen molar-refractivity contribution in [1.29, 1.82) is 0 Å². The maximum atomic E-state index is 11.5. The molecule has 0 radical (unpaired) electrons. The molecule has 1 saturated heterocycles. The number of carbonyl (C=O) groups is 2. The molecule has 1 aliphatic heterocycles. The van der Waals surface area contributed by atoms with Crippen molar-refractivity contribution in [2.75, 3.05) is 0 Å². The smallest absolute Gasteiger partial charge is 0.349 e. The first-order valence-electron chi connectivity index (χ1n) is 5.34. The number of halogens is 1. The van der Waals surface area contributed by atoms with E-state index in [-0.39, 0.29) is 41.0 Å². The summed E-state index contributed by atoms with van der Waals surface area (Å²) in [5.74, 6) is -0.242. The van der Waals surface area contributed by atoms with Gasteiger partial charge in [0.25, 0.3) is 0 Å². The van der Waals surface area contributed by atoms with Crippen LogP contribution < -0.4 is 0 Å². The molecular formula is C11H11ClO4. The quantitative estimate of drug-likeness (QED) is 0.540. The van der Waals surface area contributed by atoms with E-state index in [1.165, 1.54) is 0 Å². The van der Waals surface area contributed by atoms with Crippen LogP contribution in [0.2, 0.25) is 0 Å². The van der Waals surface area contributed by atoms with E-state index < -0.39 is 5.97 Å². The van der Waals surface area contributed by atoms with Crippen molar-refractivity contribution in [2.24, 2.45) is 17.8 Å². The van der Waals surface area contributed by atoms with Gasteiger partial charge in [0.05, 0.1) is 5.92 Å². The summed E-state index contributed by atoms with van der Waals surface area (Å²) in [6.45, 7) is 3.32. The van der Waals surface area contributed by atoms with Gasteiger partial charge >= 0.3 is 11.9 Å². The summed E-state index contributed by atoms with van der Waals surface area (Å²) < 4.78 is 10.5. The zero-order valence-electron chi connectivity index (χ0n) is 8.52. The first-order valence-corrected chi connectivity index (χ1v) is 5.71. The molecule has 2 saturated carbocycles. The Morgan fingerprint density at radius 1 is 1.50 bits per heavy atom. The second kappa shape index (κ2) is 3.23. The molecule has 16 heavy (non-hydrogen) atoms. The highest BCUT2D eigenvalue weighted by atomic mass is 35.5. The van der Waals surface area contributed by atoms with Crippen LogP contribution in [0.3, 0.4) is 0 Å². The van der Waals surface area contributed by atoms with E-state index >= 15 is 0 Å². The summed E-state index contributed by atoms with van der Waals surface area (Å²) in [4.78, 5) is 22.8. The van der Waals surface area contributed by atoms with E-state index in [1.807, 2.05) is 0 Å². The zero-order chi connectivity index (χ0) is 11.4. The molecule has 3 aliphatic rings. The van der Waals surface area contributed by atoms with Gasteiger partial charge in [-0.2, -0.15) is 0 Å². The van der Waals surface area contributed by atoms with Crippen molar-refractivity contribution in [3.8, 4) is 0 Å². The van der Waals surface area contributed by atoms with Crippen molar-refractivity contribution in [1.82, 2.24) is 0 Å². The average molecular weight is 243 g/mol. The second-order valence-electron chi connectivity index (χ2n) is 4.68. The van der Waals surface area contributed by atoms with Crippen LogP contribution in [0.1, 0.15) is 12.8 Å². The van der Waals surface area contributed by atoms with Gasteiger partial charge in [-0.05, 0) is 12.8 Å². The Labute approximate surface area is 97.5 Å². The van der Waals surface area contributed by atoms with Crippen LogP contribution in [-0.2, 0) is 19.1 Å². The molecule has 3 fully saturated rings. The number of fused-ring (bicyclic) bond motifs is 1. The van der Waals surface area contributed by atoms with Crippen LogP contribution in [0.25, 0.3) is 0 Å². The van der Waals surface area contributed by atoms with Gasteiger partial charge in [0.15, 0.2) is 0 Å². The molecule has 86 valence electrons. The van der Waals surface area contributed by atoms with Gasteiger partial charge in [-0.1, -0.05) is 18.2 Å². The normalized spacial score (nSPS) is 43.3. The summed E-state index contributed by atoms with van der Waals surface area (Å²) in [7, 11) is 0. The number of carbonyl (C=O) groups excluding carboxylic acids is 2. The highest BCUT2D eigenvalue weighted by molar-refractivity contribution is 6.40. The number of esters is 2. The van der Waals surface area contributed by atoms with E-state index in [2.05, 4.69) is 6.58 Å². The van der Waals surface area contributed by atoms with Crippen molar-refractivity contribution >= 4 is 23.5 Å². The first kappa shape index (κ1) is 10.1. The number of hydrogen-bond acceptors (Lipinski definition) is 4. The molecule has 0 N–H and O–H groups in total. The Morgan fingerprint density at radius 2 is 2.25 bits per heavy atom. The molecule has 0 aromatic carbocycles. The van der Waals surface area contributed by atoms with Crippen LogP contribution in [0, 0.1) is 17.8 Å². The first-order chi connectivity index (χ1) is 7.58. The van der Waals surface area contributed by atoms with Gasteiger partial charge in [0.1, 0.15) is 17.2 Å². The maximum Gasteiger partial charge on any atom is 0.349 e. The zero-order valence-corrected chi connectivity index (χ0v) is 9.27. The lowest BCUT2D eigenvalue weighted by Gasteiger charge is -2.24. The minimum atomic E-state index is -0.612. The fourth-order valence-electron chi connectivity index (χ4n) is 3.25. The Balaban J connectivity index is 1.77. The Hall–Kier alpha value is -1.03. The Kier molecular flexibility index (Phi) is 2.05. The topological polar surface area (TPSA) is 52.6 Å². The molecule has 5 heteroatoms. The molecule has 3 rings (SSSR count). The van der Waals surface area contributed by atoms with E-state index in [4.69, 9.17) is 21.1 Å². The minimum absolute atomic E-state index is 0.0316. The summed E-state index contributed by atoms with van der Waals surface area (Å²) >= 11 is 5.46. The average Bonchev–Trinajstić information content (AvgIpc) is 2.81. The maximum absolute atomic E-state index is 11.5. The second-order valence-corrected chi connectivity index (χ2v) is 5.13. The molecule has 1 heterocycles. The van der Waals surface area contributed by atoms with E-state index in [0.717, 1.165) is 12.8 Å².